The minimum atomic E-state index is 0.612. The molecular formula is C14H25O. The summed E-state index contributed by atoms with van der Waals surface area (Å²) in [5.41, 5.74) is 0. The van der Waals surface area contributed by atoms with E-state index in [1.54, 1.807) is 0 Å². The molecule has 0 bridgehead atoms. The molecule has 0 saturated carbocycles. The van der Waals surface area contributed by atoms with Crippen LogP contribution >= 0.6 is 0 Å². The second-order valence-corrected chi connectivity index (χ2v) is 4.06. The minimum Gasteiger partial charge on any atom is -0.291 e. The SMILES string of the molecule is CCCCCCC=CCCCCC[C]=O. The van der Waals surface area contributed by atoms with Crippen LogP contribution in [-0.2, 0) is 4.79 Å². The highest BCUT2D eigenvalue weighted by atomic mass is 16.1. The van der Waals surface area contributed by atoms with Gasteiger partial charge >= 0.3 is 0 Å². The van der Waals surface area contributed by atoms with Gasteiger partial charge in [-0.15, -0.1) is 0 Å². The highest BCUT2D eigenvalue weighted by Gasteiger charge is 1.87. The van der Waals surface area contributed by atoms with E-state index in [1.165, 1.54) is 44.9 Å². The molecule has 1 radical (unpaired) electrons. The van der Waals surface area contributed by atoms with Gasteiger partial charge in [0.2, 0.25) is 0 Å². The van der Waals surface area contributed by atoms with E-state index in [4.69, 9.17) is 0 Å². The predicted octanol–water partition coefficient (Wildman–Crippen LogP) is 4.57. The van der Waals surface area contributed by atoms with Crippen LogP contribution in [0.5, 0.6) is 0 Å². The van der Waals surface area contributed by atoms with E-state index in [1.807, 2.05) is 6.29 Å². The summed E-state index contributed by atoms with van der Waals surface area (Å²) in [6.07, 6.45) is 18.3. The Morgan fingerprint density at radius 3 is 2.00 bits per heavy atom. The highest BCUT2D eigenvalue weighted by molar-refractivity contribution is 5.50. The summed E-state index contributed by atoms with van der Waals surface area (Å²) in [5.74, 6) is 0. The van der Waals surface area contributed by atoms with Gasteiger partial charge in [0.05, 0.1) is 0 Å². The van der Waals surface area contributed by atoms with Gasteiger partial charge < -0.3 is 0 Å². The topological polar surface area (TPSA) is 17.1 Å². The molecule has 0 aliphatic carbocycles. The molecule has 15 heavy (non-hydrogen) atoms. The van der Waals surface area contributed by atoms with Crippen molar-refractivity contribution in [1.82, 2.24) is 0 Å². The molecule has 0 saturated heterocycles. The van der Waals surface area contributed by atoms with Gasteiger partial charge in [0.25, 0.3) is 0 Å². The maximum atomic E-state index is 9.93. The van der Waals surface area contributed by atoms with E-state index in [0.717, 1.165) is 12.8 Å². The Hall–Kier alpha value is -0.590. The van der Waals surface area contributed by atoms with Gasteiger partial charge in [-0.3, -0.25) is 4.79 Å². The lowest BCUT2D eigenvalue weighted by atomic mass is 10.1. The molecule has 0 atom stereocenters. The maximum absolute atomic E-state index is 9.93. The Morgan fingerprint density at radius 1 is 0.867 bits per heavy atom. The molecule has 0 aromatic carbocycles. The molecule has 87 valence electrons. The molecule has 0 heterocycles. The third-order valence-corrected chi connectivity index (χ3v) is 2.54. The lowest BCUT2D eigenvalue weighted by Crippen LogP contribution is -1.78. The van der Waals surface area contributed by atoms with Crippen LogP contribution in [0.1, 0.15) is 71.1 Å². The summed E-state index contributed by atoms with van der Waals surface area (Å²) in [7, 11) is 0. The summed E-state index contributed by atoms with van der Waals surface area (Å²) in [4.78, 5) is 9.93. The van der Waals surface area contributed by atoms with Crippen LogP contribution < -0.4 is 0 Å². The summed E-state index contributed by atoms with van der Waals surface area (Å²) in [5, 5.41) is 0. The minimum absolute atomic E-state index is 0.612. The molecule has 0 fully saturated rings. The Balaban J connectivity index is 3.00. The normalized spacial score (nSPS) is 11.0. The monoisotopic (exact) mass is 209 g/mol. The lowest BCUT2D eigenvalue weighted by molar-refractivity contribution is 0.545. The number of allylic oxidation sites excluding steroid dienone is 2. The second-order valence-electron chi connectivity index (χ2n) is 4.06. The number of rotatable bonds is 11. The molecule has 0 aromatic rings. The van der Waals surface area contributed by atoms with Gasteiger partial charge in [-0.2, -0.15) is 0 Å². The molecule has 0 spiro atoms. The molecule has 0 rings (SSSR count). The third-order valence-electron chi connectivity index (χ3n) is 2.54. The quantitative estimate of drug-likeness (QED) is 0.360. The van der Waals surface area contributed by atoms with Gasteiger partial charge in [0.15, 0.2) is 6.29 Å². The Morgan fingerprint density at radius 2 is 1.47 bits per heavy atom. The van der Waals surface area contributed by atoms with Crippen LogP contribution in [0.15, 0.2) is 12.2 Å². The zero-order valence-corrected chi connectivity index (χ0v) is 10.1. The molecule has 0 amide bonds. The van der Waals surface area contributed by atoms with Crippen molar-refractivity contribution in [2.45, 2.75) is 71.1 Å². The van der Waals surface area contributed by atoms with Crippen LogP contribution in [0.4, 0.5) is 0 Å². The van der Waals surface area contributed by atoms with Gasteiger partial charge in [-0.25, -0.2) is 0 Å². The van der Waals surface area contributed by atoms with Crippen LogP contribution in [0.25, 0.3) is 0 Å². The average Bonchev–Trinajstić information content (AvgIpc) is 2.26. The standard InChI is InChI=1S/C14H25O/c1-2-3-4-5-6-7-8-9-10-11-12-13-14-15/h7-8H,2-6,9-13H2,1H3. The summed E-state index contributed by atoms with van der Waals surface area (Å²) >= 11 is 0. The van der Waals surface area contributed by atoms with Crippen molar-refractivity contribution < 1.29 is 4.79 Å². The number of hydrogen-bond donors (Lipinski definition) is 0. The Bertz CT molecular complexity index is 149. The first kappa shape index (κ1) is 14.4. The van der Waals surface area contributed by atoms with Crippen molar-refractivity contribution in [2.24, 2.45) is 0 Å². The van der Waals surface area contributed by atoms with Crippen LogP contribution in [0.3, 0.4) is 0 Å². The van der Waals surface area contributed by atoms with Gasteiger partial charge in [-0.1, -0.05) is 44.8 Å². The van der Waals surface area contributed by atoms with E-state index < -0.39 is 0 Å². The fourth-order valence-electron chi connectivity index (χ4n) is 1.56. The molecule has 0 unspecified atom stereocenters. The maximum Gasteiger partial charge on any atom is 0.198 e. The van der Waals surface area contributed by atoms with E-state index >= 15 is 0 Å². The number of unbranched alkanes of at least 4 members (excludes halogenated alkanes) is 8. The molecule has 0 N–H and O–H groups in total. The highest BCUT2D eigenvalue weighted by Crippen LogP contribution is 2.05. The van der Waals surface area contributed by atoms with Crippen molar-refractivity contribution >= 4 is 6.29 Å². The first-order valence-corrected chi connectivity index (χ1v) is 6.41. The van der Waals surface area contributed by atoms with Crippen molar-refractivity contribution in [3.8, 4) is 0 Å². The molecule has 0 aliphatic heterocycles. The van der Waals surface area contributed by atoms with E-state index in [9.17, 15) is 4.79 Å². The Kier molecular flexibility index (Phi) is 12.9. The molecule has 1 heteroatoms. The predicted molar refractivity (Wildman–Crippen MR) is 66.7 cm³/mol. The zero-order valence-electron chi connectivity index (χ0n) is 10.1. The van der Waals surface area contributed by atoms with E-state index in [0.29, 0.717) is 6.42 Å². The van der Waals surface area contributed by atoms with Crippen molar-refractivity contribution in [3.05, 3.63) is 12.2 Å². The van der Waals surface area contributed by atoms with Crippen LogP contribution in [-0.4, -0.2) is 6.29 Å². The second kappa shape index (κ2) is 13.4. The van der Waals surface area contributed by atoms with Crippen molar-refractivity contribution in [2.75, 3.05) is 0 Å². The van der Waals surface area contributed by atoms with Crippen LogP contribution in [0, 0.1) is 0 Å². The summed E-state index contributed by atoms with van der Waals surface area (Å²) < 4.78 is 0. The zero-order chi connectivity index (χ0) is 11.2. The smallest absolute Gasteiger partial charge is 0.198 e. The first-order chi connectivity index (χ1) is 7.41. The fraction of sp³-hybridized carbons (Fsp3) is 0.786. The molecular weight excluding hydrogens is 184 g/mol. The Labute approximate surface area is 95.0 Å². The fourth-order valence-corrected chi connectivity index (χ4v) is 1.56. The molecule has 0 aromatic heterocycles. The molecule has 0 aliphatic rings. The number of carbonyl (C=O) groups excluding carboxylic acids is 1. The van der Waals surface area contributed by atoms with E-state index in [-0.39, 0.29) is 0 Å². The van der Waals surface area contributed by atoms with Crippen molar-refractivity contribution in [1.29, 1.82) is 0 Å². The third kappa shape index (κ3) is 13.4. The number of hydrogen-bond acceptors (Lipinski definition) is 1. The van der Waals surface area contributed by atoms with Gasteiger partial charge in [-0.05, 0) is 32.1 Å². The lowest BCUT2D eigenvalue weighted by Gasteiger charge is -1.95. The average molecular weight is 209 g/mol. The summed E-state index contributed by atoms with van der Waals surface area (Å²) in [6.45, 7) is 2.24. The van der Waals surface area contributed by atoms with Gasteiger partial charge in [0, 0.05) is 6.42 Å². The van der Waals surface area contributed by atoms with E-state index in [2.05, 4.69) is 19.1 Å². The largest absolute Gasteiger partial charge is 0.291 e. The summed E-state index contributed by atoms with van der Waals surface area (Å²) in [6, 6.07) is 0. The van der Waals surface area contributed by atoms with Crippen molar-refractivity contribution in [3.63, 3.8) is 0 Å². The molecule has 1 nitrogen and oxygen atoms in total. The first-order valence-electron chi connectivity index (χ1n) is 6.41. The van der Waals surface area contributed by atoms with Gasteiger partial charge in [0.1, 0.15) is 0 Å². The van der Waals surface area contributed by atoms with Crippen LogP contribution in [0.2, 0.25) is 0 Å².